The number of rotatable bonds is 1. The first-order chi connectivity index (χ1) is 5.95. The number of hydrogen-bond donors (Lipinski definition) is 0. The molecule has 70 valence electrons. The minimum Gasteiger partial charge on any atom is -0.267 e. The molecule has 0 bridgehead atoms. The minimum absolute atomic E-state index is 0.0343. The van der Waals surface area contributed by atoms with Gasteiger partial charge in [0, 0.05) is 17.7 Å². The molecule has 1 unspecified atom stereocenters. The van der Waals surface area contributed by atoms with Gasteiger partial charge in [-0.15, -0.1) is 6.42 Å². The third kappa shape index (κ3) is 2.12. The summed E-state index contributed by atoms with van der Waals surface area (Å²) in [7, 11) is 0. The molecule has 0 N–H and O–H groups in total. The van der Waals surface area contributed by atoms with Crippen LogP contribution in [-0.4, -0.2) is 9.78 Å². The van der Waals surface area contributed by atoms with Crippen molar-refractivity contribution >= 4 is 0 Å². The van der Waals surface area contributed by atoms with Gasteiger partial charge in [0.2, 0.25) is 0 Å². The van der Waals surface area contributed by atoms with Crippen molar-refractivity contribution in [1.29, 1.82) is 0 Å². The van der Waals surface area contributed by atoms with Gasteiger partial charge in [-0.3, -0.25) is 4.68 Å². The van der Waals surface area contributed by atoms with Crippen LogP contribution in [0.15, 0.2) is 12.4 Å². The van der Waals surface area contributed by atoms with Gasteiger partial charge in [-0.2, -0.15) is 5.10 Å². The standard InChI is InChI=1S/C11H16N2/c1-6-9(2)10-7-12-13(8-10)11(3,4)5/h1,7-9H,2-5H3. The molecule has 0 aliphatic rings. The van der Waals surface area contributed by atoms with Crippen LogP contribution in [0.4, 0.5) is 0 Å². The Kier molecular flexibility index (Phi) is 2.47. The predicted octanol–water partition coefficient (Wildman–Crippen LogP) is 2.37. The number of aromatic nitrogens is 2. The summed E-state index contributed by atoms with van der Waals surface area (Å²) in [5.74, 6) is 2.84. The summed E-state index contributed by atoms with van der Waals surface area (Å²) in [5.41, 5.74) is 1.14. The molecule has 0 saturated carbocycles. The van der Waals surface area contributed by atoms with E-state index in [1.807, 2.05) is 24.0 Å². The largest absolute Gasteiger partial charge is 0.267 e. The molecule has 0 aliphatic carbocycles. The Bertz CT molecular complexity index is 323. The van der Waals surface area contributed by atoms with Crippen LogP contribution in [-0.2, 0) is 5.54 Å². The highest BCUT2D eigenvalue weighted by atomic mass is 15.3. The van der Waals surface area contributed by atoms with Crippen LogP contribution in [0.5, 0.6) is 0 Å². The van der Waals surface area contributed by atoms with Crippen LogP contribution in [0.2, 0.25) is 0 Å². The van der Waals surface area contributed by atoms with E-state index in [0.717, 1.165) is 5.56 Å². The van der Waals surface area contributed by atoms with Crippen molar-refractivity contribution < 1.29 is 0 Å². The highest BCUT2D eigenvalue weighted by Crippen LogP contribution is 2.17. The van der Waals surface area contributed by atoms with Gasteiger partial charge >= 0.3 is 0 Å². The molecule has 0 radical (unpaired) electrons. The molecular weight excluding hydrogens is 160 g/mol. The molecule has 0 aromatic carbocycles. The molecule has 0 saturated heterocycles. The highest BCUT2D eigenvalue weighted by Gasteiger charge is 2.15. The lowest BCUT2D eigenvalue weighted by molar-refractivity contribution is 0.355. The van der Waals surface area contributed by atoms with Crippen molar-refractivity contribution in [3.05, 3.63) is 18.0 Å². The molecule has 1 atom stereocenters. The average Bonchev–Trinajstić information content (AvgIpc) is 2.50. The fraction of sp³-hybridized carbons (Fsp3) is 0.545. The van der Waals surface area contributed by atoms with Crippen molar-refractivity contribution in [3.8, 4) is 12.3 Å². The smallest absolute Gasteiger partial charge is 0.0543 e. The lowest BCUT2D eigenvalue weighted by atomic mass is 10.1. The van der Waals surface area contributed by atoms with E-state index >= 15 is 0 Å². The third-order valence-corrected chi connectivity index (χ3v) is 2.04. The molecule has 0 aliphatic heterocycles. The third-order valence-electron chi connectivity index (χ3n) is 2.04. The van der Waals surface area contributed by atoms with E-state index in [9.17, 15) is 0 Å². The van der Waals surface area contributed by atoms with Crippen LogP contribution in [0.1, 0.15) is 39.2 Å². The van der Waals surface area contributed by atoms with Gasteiger partial charge < -0.3 is 0 Å². The van der Waals surface area contributed by atoms with E-state index < -0.39 is 0 Å². The summed E-state index contributed by atoms with van der Waals surface area (Å²) in [6.07, 6.45) is 9.20. The molecule has 2 heteroatoms. The molecule has 0 amide bonds. The zero-order valence-corrected chi connectivity index (χ0v) is 8.70. The van der Waals surface area contributed by atoms with Gasteiger partial charge in [0.25, 0.3) is 0 Å². The summed E-state index contributed by atoms with van der Waals surface area (Å²) in [4.78, 5) is 0. The molecule has 13 heavy (non-hydrogen) atoms. The Hall–Kier alpha value is -1.23. The monoisotopic (exact) mass is 176 g/mol. The lowest BCUT2D eigenvalue weighted by Gasteiger charge is -2.18. The number of nitrogens with zero attached hydrogens (tertiary/aromatic N) is 2. The summed E-state index contributed by atoms with van der Waals surface area (Å²) >= 11 is 0. The normalized spacial score (nSPS) is 13.8. The molecule has 1 aromatic rings. The Balaban J connectivity index is 2.95. The van der Waals surface area contributed by atoms with Gasteiger partial charge in [0.15, 0.2) is 0 Å². The maximum Gasteiger partial charge on any atom is 0.0543 e. The number of hydrogen-bond acceptors (Lipinski definition) is 1. The van der Waals surface area contributed by atoms with Gasteiger partial charge in [0.1, 0.15) is 0 Å². The van der Waals surface area contributed by atoms with Gasteiger partial charge in [-0.05, 0) is 27.7 Å². The topological polar surface area (TPSA) is 17.8 Å². The second-order valence-corrected chi connectivity index (χ2v) is 4.28. The summed E-state index contributed by atoms with van der Waals surface area (Å²) in [5, 5.41) is 4.28. The van der Waals surface area contributed by atoms with E-state index in [-0.39, 0.29) is 11.5 Å². The average molecular weight is 176 g/mol. The zero-order valence-electron chi connectivity index (χ0n) is 8.70. The summed E-state index contributed by atoms with van der Waals surface area (Å²) in [6, 6.07) is 0. The van der Waals surface area contributed by atoms with Crippen molar-refractivity contribution in [3.63, 3.8) is 0 Å². The minimum atomic E-state index is 0.0343. The summed E-state index contributed by atoms with van der Waals surface area (Å²) < 4.78 is 1.94. The molecule has 2 nitrogen and oxygen atoms in total. The first-order valence-electron chi connectivity index (χ1n) is 4.46. The van der Waals surface area contributed by atoms with Crippen molar-refractivity contribution in [1.82, 2.24) is 9.78 Å². The number of terminal acetylenes is 1. The first kappa shape index (κ1) is 9.85. The zero-order chi connectivity index (χ0) is 10.1. The fourth-order valence-corrected chi connectivity index (χ4v) is 1.02. The lowest BCUT2D eigenvalue weighted by Crippen LogP contribution is -2.21. The van der Waals surface area contributed by atoms with Crippen molar-refractivity contribution in [2.45, 2.75) is 39.2 Å². The van der Waals surface area contributed by atoms with E-state index in [1.165, 1.54) is 0 Å². The quantitative estimate of drug-likeness (QED) is 0.601. The molecule has 1 heterocycles. The maximum absolute atomic E-state index is 5.34. The molecule has 0 spiro atoms. The van der Waals surface area contributed by atoms with Crippen LogP contribution in [0, 0.1) is 12.3 Å². The molecule has 1 aromatic heterocycles. The predicted molar refractivity (Wildman–Crippen MR) is 54.5 cm³/mol. The van der Waals surface area contributed by atoms with E-state index in [2.05, 4.69) is 31.8 Å². The summed E-state index contributed by atoms with van der Waals surface area (Å²) in [6.45, 7) is 8.35. The Labute approximate surface area is 80.0 Å². The Morgan fingerprint density at radius 3 is 2.54 bits per heavy atom. The second-order valence-electron chi connectivity index (χ2n) is 4.28. The maximum atomic E-state index is 5.34. The fourth-order valence-electron chi connectivity index (χ4n) is 1.02. The second kappa shape index (κ2) is 3.26. The van der Waals surface area contributed by atoms with E-state index in [4.69, 9.17) is 6.42 Å². The van der Waals surface area contributed by atoms with Gasteiger partial charge in [-0.1, -0.05) is 5.92 Å². The van der Waals surface area contributed by atoms with Crippen LogP contribution >= 0.6 is 0 Å². The molecule has 1 rings (SSSR count). The van der Waals surface area contributed by atoms with Gasteiger partial charge in [0.05, 0.1) is 11.7 Å². The van der Waals surface area contributed by atoms with Crippen LogP contribution in [0.25, 0.3) is 0 Å². The molecule has 0 fully saturated rings. The Morgan fingerprint density at radius 1 is 1.54 bits per heavy atom. The Morgan fingerprint density at radius 2 is 2.15 bits per heavy atom. The first-order valence-corrected chi connectivity index (χ1v) is 4.46. The van der Waals surface area contributed by atoms with Crippen LogP contribution in [0.3, 0.4) is 0 Å². The van der Waals surface area contributed by atoms with Crippen LogP contribution < -0.4 is 0 Å². The SMILES string of the molecule is C#CC(C)c1cnn(C(C)(C)C)c1. The van der Waals surface area contributed by atoms with E-state index in [0.29, 0.717) is 0 Å². The van der Waals surface area contributed by atoms with Crippen molar-refractivity contribution in [2.24, 2.45) is 0 Å². The molecular formula is C11H16N2. The van der Waals surface area contributed by atoms with Crippen molar-refractivity contribution in [2.75, 3.05) is 0 Å². The highest BCUT2D eigenvalue weighted by molar-refractivity contribution is 5.20. The van der Waals surface area contributed by atoms with Gasteiger partial charge in [-0.25, -0.2) is 0 Å². The van der Waals surface area contributed by atoms with E-state index in [1.54, 1.807) is 0 Å².